The Morgan fingerprint density at radius 2 is 1.89 bits per heavy atom. The summed E-state index contributed by atoms with van der Waals surface area (Å²) in [6.45, 7) is 3.99. The monoisotopic (exact) mass is 239 g/mol. The molecule has 0 spiro atoms. The van der Waals surface area contributed by atoms with Crippen LogP contribution < -0.4 is 5.32 Å². The average molecular weight is 239 g/mol. The maximum absolute atomic E-state index is 5.97. The van der Waals surface area contributed by atoms with Crippen LogP contribution in [-0.4, -0.2) is 6.54 Å². The Balaban J connectivity index is 2.03. The van der Waals surface area contributed by atoms with Gasteiger partial charge >= 0.3 is 0 Å². The van der Waals surface area contributed by atoms with E-state index in [1.807, 2.05) is 0 Å². The Kier molecular flexibility index (Phi) is 3.03. The zero-order valence-electron chi connectivity index (χ0n) is 10.6. The minimum atomic E-state index is 0.802. The van der Waals surface area contributed by atoms with E-state index in [4.69, 9.17) is 4.42 Å². The Morgan fingerprint density at radius 3 is 2.78 bits per heavy atom. The van der Waals surface area contributed by atoms with Crippen molar-refractivity contribution in [2.24, 2.45) is 0 Å². The zero-order chi connectivity index (χ0) is 12.4. The van der Waals surface area contributed by atoms with Gasteiger partial charge < -0.3 is 9.73 Å². The van der Waals surface area contributed by atoms with Crippen LogP contribution in [-0.2, 0) is 6.54 Å². The van der Waals surface area contributed by atoms with E-state index in [0.29, 0.717) is 0 Å². The van der Waals surface area contributed by atoms with E-state index in [1.54, 1.807) is 0 Å². The van der Waals surface area contributed by atoms with Gasteiger partial charge in [-0.05, 0) is 24.4 Å². The molecule has 1 aromatic heterocycles. The lowest BCUT2D eigenvalue weighted by Gasteiger charge is -1.99. The van der Waals surface area contributed by atoms with Gasteiger partial charge in [-0.3, -0.25) is 0 Å². The van der Waals surface area contributed by atoms with Crippen molar-refractivity contribution in [3.63, 3.8) is 0 Å². The van der Waals surface area contributed by atoms with E-state index < -0.39 is 0 Å². The molecule has 2 heteroatoms. The summed E-state index contributed by atoms with van der Waals surface area (Å²) < 4.78 is 5.97. The summed E-state index contributed by atoms with van der Waals surface area (Å²) in [7, 11) is 0. The molecule has 0 aliphatic carbocycles. The maximum atomic E-state index is 5.97. The lowest BCUT2D eigenvalue weighted by atomic mass is 10.1. The van der Waals surface area contributed by atoms with Crippen LogP contribution in [0.25, 0.3) is 21.7 Å². The van der Waals surface area contributed by atoms with E-state index in [1.165, 1.54) is 16.2 Å². The topological polar surface area (TPSA) is 25.2 Å². The lowest BCUT2D eigenvalue weighted by molar-refractivity contribution is 0.515. The van der Waals surface area contributed by atoms with E-state index in [2.05, 4.69) is 54.7 Å². The van der Waals surface area contributed by atoms with Gasteiger partial charge in [0, 0.05) is 10.8 Å². The normalized spacial score (nSPS) is 11.4. The van der Waals surface area contributed by atoms with Crippen LogP contribution in [0.4, 0.5) is 0 Å². The van der Waals surface area contributed by atoms with Crippen molar-refractivity contribution in [2.45, 2.75) is 19.9 Å². The molecular weight excluding hydrogens is 222 g/mol. The number of hydrogen-bond donors (Lipinski definition) is 1. The summed E-state index contributed by atoms with van der Waals surface area (Å²) in [5.41, 5.74) is 1.00. The summed E-state index contributed by atoms with van der Waals surface area (Å²) >= 11 is 0. The lowest BCUT2D eigenvalue weighted by Crippen LogP contribution is -2.12. The van der Waals surface area contributed by atoms with Gasteiger partial charge in [0.2, 0.25) is 0 Å². The van der Waals surface area contributed by atoms with Crippen LogP contribution in [0.3, 0.4) is 0 Å². The third-order valence-electron chi connectivity index (χ3n) is 3.19. The van der Waals surface area contributed by atoms with Crippen molar-refractivity contribution in [3.8, 4) is 0 Å². The highest BCUT2D eigenvalue weighted by Gasteiger charge is 2.06. The molecule has 0 atom stereocenters. The predicted molar refractivity (Wildman–Crippen MR) is 75.7 cm³/mol. The Labute approximate surface area is 107 Å². The summed E-state index contributed by atoms with van der Waals surface area (Å²) in [6.07, 6.45) is 1.14. The van der Waals surface area contributed by atoms with Crippen LogP contribution in [0.1, 0.15) is 19.1 Å². The predicted octanol–water partition coefficient (Wildman–Crippen LogP) is 4.09. The molecule has 18 heavy (non-hydrogen) atoms. The van der Waals surface area contributed by atoms with Gasteiger partial charge in [0.25, 0.3) is 0 Å². The summed E-state index contributed by atoms with van der Waals surface area (Å²) in [6, 6.07) is 14.8. The second kappa shape index (κ2) is 4.83. The van der Waals surface area contributed by atoms with Gasteiger partial charge in [0.05, 0.1) is 6.54 Å². The van der Waals surface area contributed by atoms with Crippen LogP contribution in [0.15, 0.2) is 46.9 Å². The standard InChI is InChI=1S/C16H17NO/c1-2-9-17-11-14-10-13-8-7-12-5-3-4-6-15(12)16(13)18-14/h3-8,10,17H,2,9,11H2,1H3. The van der Waals surface area contributed by atoms with E-state index >= 15 is 0 Å². The van der Waals surface area contributed by atoms with E-state index in [9.17, 15) is 0 Å². The highest BCUT2D eigenvalue weighted by Crippen LogP contribution is 2.27. The molecular formula is C16H17NO. The van der Waals surface area contributed by atoms with Crippen molar-refractivity contribution >= 4 is 21.7 Å². The minimum Gasteiger partial charge on any atom is -0.459 e. The average Bonchev–Trinajstić information content (AvgIpc) is 2.82. The van der Waals surface area contributed by atoms with Crippen LogP contribution >= 0.6 is 0 Å². The molecule has 1 N–H and O–H groups in total. The van der Waals surface area contributed by atoms with Gasteiger partial charge in [-0.2, -0.15) is 0 Å². The van der Waals surface area contributed by atoms with E-state index in [-0.39, 0.29) is 0 Å². The molecule has 2 nitrogen and oxygen atoms in total. The fraction of sp³-hybridized carbons (Fsp3) is 0.250. The molecule has 0 saturated heterocycles. The Hall–Kier alpha value is -1.80. The number of furan rings is 1. The van der Waals surface area contributed by atoms with Crippen LogP contribution in [0.2, 0.25) is 0 Å². The summed E-state index contributed by atoms with van der Waals surface area (Å²) in [5, 5.41) is 6.97. The molecule has 92 valence electrons. The first kappa shape index (κ1) is 11.3. The maximum Gasteiger partial charge on any atom is 0.142 e. The van der Waals surface area contributed by atoms with Crippen molar-refractivity contribution in [2.75, 3.05) is 6.54 Å². The Morgan fingerprint density at radius 1 is 1.06 bits per heavy atom. The van der Waals surface area contributed by atoms with E-state index in [0.717, 1.165) is 30.9 Å². The number of rotatable bonds is 4. The number of hydrogen-bond acceptors (Lipinski definition) is 2. The van der Waals surface area contributed by atoms with Crippen LogP contribution in [0.5, 0.6) is 0 Å². The van der Waals surface area contributed by atoms with Gasteiger partial charge in [0.1, 0.15) is 11.3 Å². The molecule has 0 fully saturated rings. The van der Waals surface area contributed by atoms with Gasteiger partial charge in [-0.1, -0.05) is 43.3 Å². The largest absolute Gasteiger partial charge is 0.459 e. The molecule has 0 saturated carbocycles. The van der Waals surface area contributed by atoms with Gasteiger partial charge in [-0.25, -0.2) is 0 Å². The van der Waals surface area contributed by atoms with Crippen molar-refractivity contribution < 1.29 is 4.42 Å². The molecule has 2 aromatic carbocycles. The smallest absolute Gasteiger partial charge is 0.142 e. The molecule has 0 bridgehead atoms. The first-order valence-electron chi connectivity index (χ1n) is 6.49. The second-order valence-electron chi connectivity index (χ2n) is 4.59. The molecule has 0 radical (unpaired) electrons. The third-order valence-corrected chi connectivity index (χ3v) is 3.19. The minimum absolute atomic E-state index is 0.802. The van der Waals surface area contributed by atoms with Gasteiger partial charge in [0.15, 0.2) is 0 Å². The molecule has 3 aromatic rings. The first-order valence-corrected chi connectivity index (χ1v) is 6.49. The number of nitrogens with one attached hydrogen (secondary N) is 1. The van der Waals surface area contributed by atoms with Crippen molar-refractivity contribution in [1.29, 1.82) is 0 Å². The third kappa shape index (κ3) is 2.00. The molecule has 0 aliphatic rings. The van der Waals surface area contributed by atoms with Crippen molar-refractivity contribution in [1.82, 2.24) is 5.32 Å². The molecule has 1 heterocycles. The van der Waals surface area contributed by atoms with Crippen LogP contribution in [0, 0.1) is 0 Å². The SMILES string of the molecule is CCCNCc1cc2ccc3ccccc3c2o1. The second-order valence-corrected chi connectivity index (χ2v) is 4.59. The van der Waals surface area contributed by atoms with Gasteiger partial charge in [-0.15, -0.1) is 0 Å². The zero-order valence-corrected chi connectivity index (χ0v) is 10.6. The quantitative estimate of drug-likeness (QED) is 0.694. The highest BCUT2D eigenvalue weighted by atomic mass is 16.3. The fourth-order valence-corrected chi connectivity index (χ4v) is 2.30. The van der Waals surface area contributed by atoms with Crippen molar-refractivity contribution in [3.05, 3.63) is 48.2 Å². The molecule has 0 unspecified atom stereocenters. The number of benzene rings is 2. The molecule has 0 aliphatic heterocycles. The number of fused-ring (bicyclic) bond motifs is 3. The highest BCUT2D eigenvalue weighted by molar-refractivity contribution is 6.04. The molecule has 3 rings (SSSR count). The first-order chi connectivity index (χ1) is 8.88. The Bertz CT molecular complexity index is 669. The summed E-state index contributed by atoms with van der Waals surface area (Å²) in [4.78, 5) is 0. The molecule has 0 amide bonds. The fourth-order valence-electron chi connectivity index (χ4n) is 2.30. The summed E-state index contributed by atoms with van der Waals surface area (Å²) in [5.74, 6) is 1.01.